The molecule has 0 aromatic heterocycles. The lowest BCUT2D eigenvalue weighted by Gasteiger charge is -2.51. The van der Waals surface area contributed by atoms with E-state index in [1.807, 2.05) is 97.1 Å². The third kappa shape index (κ3) is 11.3. The Balaban J connectivity index is 1.55. The van der Waals surface area contributed by atoms with Gasteiger partial charge in [-0.1, -0.05) is 151 Å². The molecule has 1 saturated heterocycles. The van der Waals surface area contributed by atoms with Gasteiger partial charge < -0.3 is 23.4 Å². The zero-order valence-electron chi connectivity index (χ0n) is 33.5. The van der Waals surface area contributed by atoms with E-state index in [-0.39, 0.29) is 36.4 Å². The molecule has 0 spiro atoms. The van der Waals surface area contributed by atoms with Crippen LogP contribution in [0.5, 0.6) is 0 Å². The number of methoxy groups -OCH3 is 1. The predicted octanol–water partition coefficient (Wildman–Crippen LogP) is 10.3. The van der Waals surface area contributed by atoms with Crippen LogP contribution in [-0.2, 0) is 61.3 Å². The third-order valence-corrected chi connectivity index (χ3v) is 17.7. The number of carbonyl (C=O) groups is 1. The summed E-state index contributed by atoms with van der Waals surface area (Å²) in [4.78, 5) is 13.9. The second-order valence-corrected chi connectivity index (χ2v) is 22.0. The number of hydrogen-bond acceptors (Lipinski definition) is 10. The van der Waals surface area contributed by atoms with Crippen LogP contribution < -0.4 is 0 Å². The largest absolute Gasteiger partial charge is 0.477 e. The van der Waals surface area contributed by atoms with Gasteiger partial charge >= 0.3 is 13.8 Å². The van der Waals surface area contributed by atoms with Gasteiger partial charge in [-0.3, -0.25) is 13.6 Å². The van der Waals surface area contributed by atoms with Gasteiger partial charge in [0.2, 0.25) is 14.6 Å². The molecular formula is C44H57O10PSi. The fraction of sp³-hybridized carbons (Fsp3) is 0.432. The van der Waals surface area contributed by atoms with E-state index in [9.17, 15) is 9.36 Å². The molecule has 302 valence electrons. The molecular weight excluding hydrogens is 748 g/mol. The summed E-state index contributed by atoms with van der Waals surface area (Å²) in [5.41, 5.74) is 3.43. The van der Waals surface area contributed by atoms with Crippen LogP contribution in [0, 0.1) is 0 Å². The van der Waals surface area contributed by atoms with Crippen molar-refractivity contribution in [1.82, 2.24) is 0 Å². The molecule has 1 fully saturated rings. The van der Waals surface area contributed by atoms with E-state index in [2.05, 4.69) is 41.5 Å². The van der Waals surface area contributed by atoms with Gasteiger partial charge in [-0.25, -0.2) is 9.36 Å². The van der Waals surface area contributed by atoms with Crippen molar-refractivity contribution in [2.75, 3.05) is 13.7 Å². The number of ether oxygens (including phenoxy) is 4. The molecule has 1 aliphatic rings. The number of benzene rings is 4. The standard InChI is InChI=1S/C44H57O10PSi/c1-32(2)56(33(3)4,34(5)6)54-40-39(31-48-28-35-20-12-8-13-21-35)51-44(42(41(40)47-7)52-43(45)38-26-18-11-19-27-38)53-55(46,49-29-36-22-14-9-15-23-36)50-30-37-24-16-10-17-25-37/h8-27,32-34,39-42,44H,28-31H2,1-7H3/t39-,40-,41+,42+,44-/m1/s1. The molecule has 5 atom stereocenters. The molecule has 0 amide bonds. The van der Waals surface area contributed by atoms with Gasteiger partial charge in [-0.15, -0.1) is 0 Å². The monoisotopic (exact) mass is 804 g/mol. The van der Waals surface area contributed by atoms with E-state index in [0.29, 0.717) is 12.2 Å². The molecule has 0 bridgehead atoms. The molecule has 1 aliphatic heterocycles. The minimum Gasteiger partial charge on any atom is -0.450 e. The van der Waals surface area contributed by atoms with Crippen molar-refractivity contribution >= 4 is 22.1 Å². The van der Waals surface area contributed by atoms with Crippen LogP contribution in [0.25, 0.3) is 0 Å². The van der Waals surface area contributed by atoms with Gasteiger partial charge in [-0.05, 0) is 45.4 Å². The highest BCUT2D eigenvalue weighted by atomic mass is 31.2. The van der Waals surface area contributed by atoms with Crippen LogP contribution >= 0.6 is 7.82 Å². The Morgan fingerprint density at radius 1 is 0.643 bits per heavy atom. The van der Waals surface area contributed by atoms with Crippen molar-refractivity contribution in [3.8, 4) is 0 Å². The van der Waals surface area contributed by atoms with E-state index < -0.39 is 52.8 Å². The first-order chi connectivity index (χ1) is 27.0. The Bertz CT molecular complexity index is 1730. The van der Waals surface area contributed by atoms with Gasteiger partial charge in [0.05, 0.1) is 32.0 Å². The molecule has 0 aliphatic carbocycles. The molecule has 0 unspecified atom stereocenters. The van der Waals surface area contributed by atoms with Gasteiger partial charge in [0.1, 0.15) is 18.3 Å². The summed E-state index contributed by atoms with van der Waals surface area (Å²) in [5.74, 6) is -0.641. The minimum atomic E-state index is -4.46. The third-order valence-electron chi connectivity index (χ3n) is 10.3. The summed E-state index contributed by atoms with van der Waals surface area (Å²) < 4.78 is 66.2. The lowest BCUT2D eigenvalue weighted by atomic mass is 9.98. The normalized spacial score (nSPS) is 20.4. The number of carbonyl (C=O) groups excluding carboxylic acids is 1. The van der Waals surface area contributed by atoms with E-state index >= 15 is 0 Å². The fourth-order valence-electron chi connectivity index (χ4n) is 7.59. The average molecular weight is 805 g/mol. The van der Waals surface area contributed by atoms with Gasteiger partial charge in [0, 0.05) is 7.11 Å². The van der Waals surface area contributed by atoms with E-state index in [1.165, 1.54) is 7.11 Å². The predicted molar refractivity (Wildman–Crippen MR) is 218 cm³/mol. The van der Waals surface area contributed by atoms with Gasteiger partial charge in [-0.2, -0.15) is 0 Å². The van der Waals surface area contributed by atoms with Crippen molar-refractivity contribution in [3.05, 3.63) is 144 Å². The molecule has 0 N–H and O–H groups in total. The number of phosphoric ester groups is 1. The Morgan fingerprint density at radius 2 is 1.09 bits per heavy atom. The van der Waals surface area contributed by atoms with Crippen molar-refractivity contribution in [2.24, 2.45) is 0 Å². The first-order valence-corrected chi connectivity index (χ1v) is 22.9. The highest BCUT2D eigenvalue weighted by Gasteiger charge is 2.56. The van der Waals surface area contributed by atoms with Crippen molar-refractivity contribution in [1.29, 1.82) is 0 Å². The smallest absolute Gasteiger partial charge is 0.450 e. The van der Waals surface area contributed by atoms with E-state index in [0.717, 1.165) is 16.7 Å². The summed E-state index contributed by atoms with van der Waals surface area (Å²) in [6, 6.07) is 37.0. The van der Waals surface area contributed by atoms with Crippen LogP contribution in [0.4, 0.5) is 0 Å². The van der Waals surface area contributed by atoms with E-state index in [1.54, 1.807) is 24.3 Å². The second-order valence-electron chi connectivity index (χ2n) is 15.0. The Morgan fingerprint density at radius 3 is 1.54 bits per heavy atom. The number of hydrogen-bond donors (Lipinski definition) is 0. The van der Waals surface area contributed by atoms with Crippen LogP contribution in [0.15, 0.2) is 121 Å². The second kappa shape index (κ2) is 20.8. The maximum atomic E-state index is 14.8. The Kier molecular flexibility index (Phi) is 16.2. The van der Waals surface area contributed by atoms with Crippen LogP contribution in [0.1, 0.15) is 68.6 Å². The van der Waals surface area contributed by atoms with Gasteiger partial charge in [0.25, 0.3) is 0 Å². The molecule has 10 nitrogen and oxygen atoms in total. The molecule has 0 saturated carbocycles. The minimum absolute atomic E-state index is 0.0669. The fourth-order valence-corrected chi connectivity index (χ4v) is 14.4. The summed E-state index contributed by atoms with van der Waals surface area (Å²) >= 11 is 0. The molecule has 5 rings (SSSR count). The summed E-state index contributed by atoms with van der Waals surface area (Å²) in [5, 5.41) is 0. The molecule has 56 heavy (non-hydrogen) atoms. The number of esters is 1. The maximum Gasteiger partial charge on any atom is 0.477 e. The first kappa shape index (κ1) is 43.6. The Hall–Kier alpha value is -3.48. The molecule has 1 heterocycles. The maximum absolute atomic E-state index is 14.8. The van der Waals surface area contributed by atoms with Crippen molar-refractivity contribution in [3.63, 3.8) is 0 Å². The van der Waals surface area contributed by atoms with Crippen LogP contribution in [0.2, 0.25) is 16.6 Å². The van der Waals surface area contributed by atoms with Crippen LogP contribution in [-0.4, -0.2) is 58.7 Å². The lowest BCUT2D eigenvalue weighted by Crippen LogP contribution is -2.65. The quantitative estimate of drug-likeness (QED) is 0.0487. The first-order valence-electron chi connectivity index (χ1n) is 19.3. The van der Waals surface area contributed by atoms with E-state index in [4.69, 9.17) is 36.9 Å². The zero-order chi connectivity index (χ0) is 40.1. The number of rotatable bonds is 20. The number of phosphoric acid groups is 1. The van der Waals surface area contributed by atoms with Crippen LogP contribution in [0.3, 0.4) is 0 Å². The molecule has 12 heteroatoms. The Labute approximate surface area is 333 Å². The zero-order valence-corrected chi connectivity index (χ0v) is 35.4. The molecule has 4 aromatic rings. The SMILES string of the molecule is CO[C@@H]1[C@H](OC(=O)c2ccccc2)[C@@H](OP(=O)(OCc2ccccc2)OCc2ccccc2)O[C@H](COCc2ccccc2)[C@H]1O[Si](C(C)C)(C(C)C)C(C)C. The van der Waals surface area contributed by atoms with Gasteiger partial charge in [0.15, 0.2) is 6.10 Å². The summed E-state index contributed by atoms with van der Waals surface area (Å²) in [6.45, 7) is 13.4. The summed E-state index contributed by atoms with van der Waals surface area (Å²) in [6.07, 6.45) is -5.26. The highest BCUT2D eigenvalue weighted by molar-refractivity contribution is 7.48. The average Bonchev–Trinajstić information content (AvgIpc) is 3.20. The summed E-state index contributed by atoms with van der Waals surface area (Å²) in [7, 11) is -5.55. The molecule has 0 radical (unpaired) electrons. The topological polar surface area (TPSA) is 108 Å². The van der Waals surface area contributed by atoms with Crippen molar-refractivity contribution in [2.45, 2.75) is 109 Å². The van der Waals surface area contributed by atoms with Crippen molar-refractivity contribution < 1.29 is 46.3 Å². The lowest BCUT2D eigenvalue weighted by molar-refractivity contribution is -0.285. The highest BCUT2D eigenvalue weighted by Crippen LogP contribution is 2.54. The molecule has 4 aromatic carbocycles.